The van der Waals surface area contributed by atoms with Crippen LogP contribution < -0.4 is 15.1 Å². The quantitative estimate of drug-likeness (QED) is 0.204. The average molecular weight is 706 g/mol. The van der Waals surface area contributed by atoms with Crippen molar-refractivity contribution in [2.75, 3.05) is 39.4 Å². The Hall–Kier alpha value is -3.05. The van der Waals surface area contributed by atoms with Crippen molar-refractivity contribution in [1.29, 1.82) is 0 Å². The lowest BCUT2D eigenvalue weighted by molar-refractivity contribution is -0.145. The number of benzene rings is 2. The van der Waals surface area contributed by atoms with Gasteiger partial charge < -0.3 is 23.7 Å². The molecule has 0 saturated carbocycles. The molecule has 0 aliphatic carbocycles. The summed E-state index contributed by atoms with van der Waals surface area (Å²) >= 11 is 0. The van der Waals surface area contributed by atoms with E-state index in [1.807, 2.05) is 13.8 Å². The number of carboxylic acids is 1. The van der Waals surface area contributed by atoms with E-state index in [2.05, 4.69) is 96.4 Å². The van der Waals surface area contributed by atoms with Crippen molar-refractivity contribution in [3.8, 4) is 5.88 Å². The predicted molar refractivity (Wildman–Crippen MR) is 197 cm³/mol. The first-order valence-electron chi connectivity index (χ1n) is 18.5. The fourth-order valence-electron chi connectivity index (χ4n) is 8.80. The third-order valence-electron chi connectivity index (χ3n) is 12.3. The van der Waals surface area contributed by atoms with E-state index in [1.54, 1.807) is 6.92 Å². The number of piperidine rings is 1. The Bertz CT molecular complexity index is 1550. The molecule has 3 saturated heterocycles. The van der Waals surface area contributed by atoms with E-state index in [1.165, 1.54) is 22.9 Å². The van der Waals surface area contributed by atoms with Crippen LogP contribution in [-0.4, -0.2) is 91.0 Å². The van der Waals surface area contributed by atoms with Gasteiger partial charge in [-0.2, -0.15) is 0 Å². The van der Waals surface area contributed by atoms with Crippen LogP contribution >= 0.6 is 0 Å². The molecular formula is C40H56FN3O5Si. The molecule has 0 spiro atoms. The molecule has 272 valence electrons. The van der Waals surface area contributed by atoms with Gasteiger partial charge in [0.25, 0.3) is 14.2 Å². The molecule has 1 aromatic heterocycles. The largest absolute Gasteiger partial charge is 0.480 e. The summed E-state index contributed by atoms with van der Waals surface area (Å²) in [6.45, 7) is 16.3. The molecule has 1 N–H and O–H groups in total. The number of likely N-dealkylation sites (tertiary alicyclic amines) is 1. The smallest absolute Gasteiger partial charge is 0.317 e. The first kappa shape index (κ1) is 36.7. The number of rotatable bonds is 13. The highest BCUT2D eigenvalue weighted by molar-refractivity contribution is 6.99. The van der Waals surface area contributed by atoms with Crippen LogP contribution in [0, 0.1) is 5.92 Å². The number of ether oxygens (including phenoxy) is 1. The van der Waals surface area contributed by atoms with Crippen molar-refractivity contribution in [3.05, 3.63) is 72.5 Å². The third kappa shape index (κ3) is 6.80. The van der Waals surface area contributed by atoms with Gasteiger partial charge in [0.2, 0.25) is 0 Å². The molecule has 3 atom stereocenters. The lowest BCUT2D eigenvalue weighted by Gasteiger charge is -2.46. The van der Waals surface area contributed by atoms with Gasteiger partial charge in [0.05, 0.1) is 6.61 Å². The second kappa shape index (κ2) is 14.2. The number of aromatic nitrogens is 1. The van der Waals surface area contributed by atoms with E-state index in [0.29, 0.717) is 32.0 Å². The Balaban J connectivity index is 1.08. The van der Waals surface area contributed by atoms with Crippen LogP contribution in [0.1, 0.15) is 85.8 Å². The van der Waals surface area contributed by atoms with Crippen molar-refractivity contribution in [1.82, 2.24) is 15.0 Å². The molecule has 10 heteroatoms. The van der Waals surface area contributed by atoms with E-state index in [4.69, 9.17) is 13.7 Å². The lowest BCUT2D eigenvalue weighted by atomic mass is 9.77. The van der Waals surface area contributed by atoms with E-state index < -0.39 is 25.4 Å². The van der Waals surface area contributed by atoms with Crippen molar-refractivity contribution in [3.63, 3.8) is 0 Å². The van der Waals surface area contributed by atoms with Crippen LogP contribution in [-0.2, 0) is 14.6 Å². The van der Waals surface area contributed by atoms with E-state index >= 15 is 4.39 Å². The number of carbonyl (C=O) groups is 1. The number of nitrogens with zero attached hydrogens (tertiary/aromatic N) is 3. The molecule has 4 heterocycles. The van der Waals surface area contributed by atoms with Gasteiger partial charge in [0, 0.05) is 37.3 Å². The fraction of sp³-hybridized carbons (Fsp3) is 0.600. The predicted octanol–water partition coefficient (Wildman–Crippen LogP) is 6.43. The molecular weight excluding hydrogens is 650 g/mol. The van der Waals surface area contributed by atoms with Gasteiger partial charge in [-0.15, -0.1) is 0 Å². The van der Waals surface area contributed by atoms with Gasteiger partial charge >= 0.3 is 5.97 Å². The van der Waals surface area contributed by atoms with Gasteiger partial charge in [0.1, 0.15) is 17.7 Å². The summed E-state index contributed by atoms with van der Waals surface area (Å²) < 4.78 is 34.6. The molecule has 3 aliphatic heterocycles. The standard InChI is InChI=1S/C40H56FN3O5Si/c1-30(2)38(6,36(45)46)34-26-35(42-49-34)47-28-39(41)21-24-43(25-22-39)27-31-18-20-40(19-13-23-44(31)40)29-48-50(37(3,4)5,32-14-9-7-10-15-32)33-16-11-8-12-17-33/h7-12,14-17,26,30-31H,13,18-25,27-29H2,1-6H3,(H,45,46)/t31-,38?,40-/m0/s1. The molecule has 0 radical (unpaired) electrons. The molecule has 50 heavy (non-hydrogen) atoms. The fourth-order valence-corrected chi connectivity index (χ4v) is 13.4. The maximum Gasteiger partial charge on any atom is 0.317 e. The van der Waals surface area contributed by atoms with Gasteiger partial charge in [0.15, 0.2) is 5.76 Å². The number of fused-ring (bicyclic) bond motifs is 1. The minimum absolute atomic E-state index is 0.0356. The average Bonchev–Trinajstić information content (AvgIpc) is 3.82. The zero-order chi connectivity index (χ0) is 35.8. The Kier molecular flexibility index (Phi) is 10.4. The summed E-state index contributed by atoms with van der Waals surface area (Å²) in [5, 5.41) is 16.3. The Morgan fingerprint density at radius 1 is 0.980 bits per heavy atom. The van der Waals surface area contributed by atoms with Crippen LogP contribution in [0.3, 0.4) is 0 Å². The number of halogens is 1. The monoisotopic (exact) mass is 705 g/mol. The minimum Gasteiger partial charge on any atom is -0.480 e. The van der Waals surface area contributed by atoms with Crippen LogP contribution in [0.4, 0.5) is 4.39 Å². The van der Waals surface area contributed by atoms with Crippen LogP contribution in [0.5, 0.6) is 5.88 Å². The van der Waals surface area contributed by atoms with E-state index in [0.717, 1.165) is 39.0 Å². The molecule has 8 nitrogen and oxygen atoms in total. The number of carboxylic acid groups (broad SMARTS) is 1. The normalized spacial score (nSPS) is 24.3. The molecule has 2 aromatic carbocycles. The Morgan fingerprint density at radius 2 is 1.60 bits per heavy atom. The first-order chi connectivity index (χ1) is 23.7. The first-order valence-corrected chi connectivity index (χ1v) is 20.4. The Morgan fingerprint density at radius 3 is 2.16 bits per heavy atom. The van der Waals surface area contributed by atoms with Crippen LogP contribution in [0.25, 0.3) is 0 Å². The summed E-state index contributed by atoms with van der Waals surface area (Å²) in [5.74, 6) is -0.878. The van der Waals surface area contributed by atoms with Gasteiger partial charge in [-0.1, -0.05) is 95.3 Å². The highest BCUT2D eigenvalue weighted by Crippen LogP contribution is 2.45. The molecule has 3 aliphatic rings. The van der Waals surface area contributed by atoms with Crippen molar-refractivity contribution in [2.45, 2.75) is 108 Å². The topological polar surface area (TPSA) is 88.3 Å². The lowest BCUT2D eigenvalue weighted by Crippen LogP contribution is -2.68. The third-order valence-corrected chi connectivity index (χ3v) is 17.3. The molecule has 0 bridgehead atoms. The number of hydrogen-bond acceptors (Lipinski definition) is 7. The van der Waals surface area contributed by atoms with Crippen molar-refractivity contribution >= 4 is 24.7 Å². The number of aliphatic carboxylic acids is 1. The summed E-state index contributed by atoms with van der Waals surface area (Å²) in [6.07, 6.45) is 5.35. The molecule has 1 unspecified atom stereocenters. The maximum atomic E-state index is 16.0. The molecule has 3 fully saturated rings. The second-order valence-corrected chi connectivity index (χ2v) is 20.9. The highest BCUT2D eigenvalue weighted by atomic mass is 28.4. The van der Waals surface area contributed by atoms with Gasteiger partial charge in [-0.25, -0.2) is 4.39 Å². The summed E-state index contributed by atoms with van der Waals surface area (Å²) in [6, 6.07) is 23.8. The SMILES string of the molecule is CC(C)C(C)(C(=O)O)c1cc(OCC2(F)CCN(C[C@@H]3CC[C@]4(CO[Si](c5ccccc5)(c5ccccc5)C(C)(C)C)CCCN34)CC2)no1. The highest BCUT2D eigenvalue weighted by Gasteiger charge is 2.55. The van der Waals surface area contributed by atoms with Crippen LogP contribution in [0.15, 0.2) is 71.3 Å². The molecule has 0 amide bonds. The number of alkyl halides is 1. The molecule has 3 aromatic rings. The van der Waals surface area contributed by atoms with Gasteiger partial charge in [-0.05, 0) is 78.5 Å². The maximum absolute atomic E-state index is 16.0. The zero-order valence-electron chi connectivity index (χ0n) is 30.8. The Labute approximate surface area is 298 Å². The summed E-state index contributed by atoms with van der Waals surface area (Å²) in [4.78, 5) is 17.1. The van der Waals surface area contributed by atoms with E-state index in [-0.39, 0.29) is 34.7 Å². The minimum atomic E-state index is -2.64. The summed E-state index contributed by atoms with van der Waals surface area (Å²) in [5.41, 5.74) is -2.68. The summed E-state index contributed by atoms with van der Waals surface area (Å²) in [7, 11) is -2.64. The molecule has 6 rings (SSSR count). The number of hydrogen-bond donors (Lipinski definition) is 1. The van der Waals surface area contributed by atoms with Crippen LogP contribution in [0.2, 0.25) is 5.04 Å². The van der Waals surface area contributed by atoms with Gasteiger partial charge in [-0.3, -0.25) is 9.69 Å². The van der Waals surface area contributed by atoms with E-state index in [9.17, 15) is 9.90 Å². The zero-order valence-corrected chi connectivity index (χ0v) is 31.8. The second-order valence-electron chi connectivity index (χ2n) is 16.6. The van der Waals surface area contributed by atoms with Crippen molar-refractivity contribution < 1.29 is 28.0 Å². The van der Waals surface area contributed by atoms with Crippen molar-refractivity contribution in [2.24, 2.45) is 5.92 Å².